The number of β-lactam (4-membered cyclic amide) rings is 1. The van der Waals surface area contributed by atoms with Gasteiger partial charge in [0, 0.05) is 19.5 Å². The molecule has 0 radical (unpaired) electrons. The van der Waals surface area contributed by atoms with E-state index >= 15 is 0 Å². The van der Waals surface area contributed by atoms with Crippen LogP contribution in [0.5, 0.6) is 0 Å². The first kappa shape index (κ1) is 20.6. The second-order valence-electron chi connectivity index (χ2n) is 8.45. The lowest BCUT2D eigenvalue weighted by molar-refractivity contribution is -0.163. The number of nitrogens with zero attached hydrogens (tertiary/aromatic N) is 2. The maximum Gasteiger partial charge on any atom is 0.331 e. The van der Waals surface area contributed by atoms with Crippen molar-refractivity contribution in [3.63, 3.8) is 0 Å². The highest BCUT2D eigenvalue weighted by Gasteiger charge is 2.85. The minimum atomic E-state index is -1.21. The molecule has 6 amide bonds. The van der Waals surface area contributed by atoms with Crippen molar-refractivity contribution in [1.29, 1.82) is 0 Å². The monoisotopic (exact) mass is 459 g/mol. The average molecular weight is 459 g/mol. The Kier molecular flexibility index (Phi) is 4.42. The third-order valence-electron chi connectivity index (χ3n) is 6.59. The fraction of sp³-hybridized carbons (Fsp3) is 0.450. The van der Waals surface area contributed by atoms with E-state index in [1.807, 2.05) is 6.92 Å². The predicted molar refractivity (Wildman–Crippen MR) is 111 cm³/mol. The molecular weight excluding hydrogens is 438 g/mol. The first-order valence-electron chi connectivity index (χ1n) is 10.2. The van der Waals surface area contributed by atoms with E-state index in [-0.39, 0.29) is 6.54 Å². The second-order valence-corrected chi connectivity index (χ2v) is 10.1. The number of amides is 6. The van der Waals surface area contributed by atoms with Gasteiger partial charge in [-0.3, -0.25) is 9.59 Å². The van der Waals surface area contributed by atoms with Crippen molar-refractivity contribution in [3.8, 4) is 0 Å². The van der Waals surface area contributed by atoms with Crippen LogP contribution in [0.15, 0.2) is 30.3 Å². The van der Waals surface area contributed by atoms with Crippen LogP contribution in [0, 0.1) is 0 Å². The normalized spacial score (nSPS) is 32.9. The number of carboxylic acids is 1. The molecule has 3 aliphatic heterocycles. The number of carboxylic acid groups (broad SMARTS) is 1. The maximum absolute atomic E-state index is 13.2. The van der Waals surface area contributed by atoms with Crippen molar-refractivity contribution < 1.29 is 29.1 Å². The van der Waals surface area contributed by atoms with Crippen LogP contribution in [0.3, 0.4) is 0 Å². The Bertz CT molecular complexity index is 1050. The molecule has 0 spiro atoms. The minimum Gasteiger partial charge on any atom is -0.479 e. The van der Waals surface area contributed by atoms with Gasteiger partial charge in [0.1, 0.15) is 17.5 Å². The number of nitrogens with one attached hydrogen (secondary N) is 3. The predicted octanol–water partition coefficient (Wildman–Crippen LogP) is -0.152. The zero-order valence-electron chi connectivity index (χ0n) is 17.0. The van der Waals surface area contributed by atoms with Gasteiger partial charge in [0.25, 0.3) is 0 Å². The summed E-state index contributed by atoms with van der Waals surface area (Å²) >= 11 is 1.38. The lowest BCUT2D eigenvalue weighted by Crippen LogP contribution is -2.72. The number of thioether (sulfide) groups is 1. The first-order chi connectivity index (χ1) is 15.2. The molecule has 5 atom stereocenters. The highest BCUT2D eigenvalue weighted by atomic mass is 32.2. The van der Waals surface area contributed by atoms with Crippen molar-refractivity contribution in [1.82, 2.24) is 25.8 Å². The van der Waals surface area contributed by atoms with E-state index in [4.69, 9.17) is 0 Å². The fourth-order valence-electron chi connectivity index (χ4n) is 4.77. The Morgan fingerprint density at radius 2 is 1.97 bits per heavy atom. The van der Waals surface area contributed by atoms with Gasteiger partial charge in [-0.25, -0.2) is 19.3 Å². The Morgan fingerprint density at radius 1 is 1.25 bits per heavy atom. The molecule has 0 aromatic heterocycles. The first-order valence-corrected chi connectivity index (χ1v) is 11.0. The van der Waals surface area contributed by atoms with Crippen molar-refractivity contribution in [2.75, 3.05) is 13.1 Å². The van der Waals surface area contributed by atoms with Gasteiger partial charge in [0.15, 0.2) is 5.54 Å². The number of carbonyl (C=O) groups excluding carboxylic acids is 4. The third-order valence-corrected chi connectivity index (χ3v) is 8.32. The van der Waals surface area contributed by atoms with Gasteiger partial charge >= 0.3 is 18.0 Å². The van der Waals surface area contributed by atoms with Crippen LogP contribution in [0.2, 0.25) is 0 Å². The molecule has 1 saturated carbocycles. The molecule has 32 heavy (non-hydrogen) atoms. The van der Waals surface area contributed by atoms with E-state index in [0.29, 0.717) is 18.5 Å². The molecule has 1 aromatic rings. The number of rotatable bonds is 5. The number of carbonyl (C=O) groups is 5. The molecule has 3 saturated heterocycles. The van der Waals surface area contributed by atoms with E-state index in [1.54, 1.807) is 30.3 Å². The molecule has 3 heterocycles. The maximum atomic E-state index is 13.2. The Hall–Kier alpha value is -3.28. The van der Waals surface area contributed by atoms with Gasteiger partial charge in [-0.15, -0.1) is 11.8 Å². The van der Waals surface area contributed by atoms with Gasteiger partial charge in [-0.1, -0.05) is 30.3 Å². The van der Waals surface area contributed by atoms with Gasteiger partial charge in [0.2, 0.25) is 11.8 Å². The number of hydrogen-bond donors (Lipinski definition) is 4. The van der Waals surface area contributed by atoms with Crippen LogP contribution >= 0.6 is 11.8 Å². The Morgan fingerprint density at radius 3 is 2.59 bits per heavy atom. The van der Waals surface area contributed by atoms with Crippen LogP contribution < -0.4 is 16.0 Å². The highest BCUT2D eigenvalue weighted by molar-refractivity contribution is 8.02. The lowest BCUT2D eigenvalue weighted by Gasteiger charge is -2.46. The van der Waals surface area contributed by atoms with E-state index in [0.717, 1.165) is 4.90 Å². The molecule has 1 unspecified atom stereocenters. The van der Waals surface area contributed by atoms with Crippen LogP contribution in [0.1, 0.15) is 24.9 Å². The number of aliphatic carboxylic acids is 1. The quantitative estimate of drug-likeness (QED) is 0.448. The summed E-state index contributed by atoms with van der Waals surface area (Å²) in [6.07, 6.45) is 0.378. The Labute approximate surface area is 186 Å². The SMILES string of the molecule is C[C@@]12C[C@]1(C(=O)O)N1C(=O)[C@@H](NC(=O)C(NC(=O)N3CCNC3=O)c3ccccc3)[C@H]1S2. The van der Waals surface area contributed by atoms with Crippen LogP contribution in [0.25, 0.3) is 0 Å². The van der Waals surface area contributed by atoms with Crippen molar-refractivity contribution in [2.45, 2.75) is 41.1 Å². The van der Waals surface area contributed by atoms with E-state index in [9.17, 15) is 29.1 Å². The number of hydrogen-bond acceptors (Lipinski definition) is 6. The largest absolute Gasteiger partial charge is 0.479 e. The Balaban J connectivity index is 1.33. The summed E-state index contributed by atoms with van der Waals surface area (Å²) in [5.74, 6) is -2.10. The van der Waals surface area contributed by atoms with Crippen LogP contribution in [-0.4, -0.2) is 79.5 Å². The number of benzene rings is 1. The van der Waals surface area contributed by atoms with Gasteiger partial charge in [-0.05, 0) is 12.5 Å². The van der Waals surface area contributed by atoms with Crippen molar-refractivity contribution in [3.05, 3.63) is 35.9 Å². The molecule has 12 heteroatoms. The van der Waals surface area contributed by atoms with Gasteiger partial charge < -0.3 is 26.0 Å². The summed E-state index contributed by atoms with van der Waals surface area (Å²) in [5.41, 5.74) is -0.728. The van der Waals surface area contributed by atoms with Gasteiger partial charge in [0.05, 0.1) is 4.75 Å². The van der Waals surface area contributed by atoms with Crippen molar-refractivity contribution in [2.24, 2.45) is 0 Å². The molecular formula is C20H21N5O6S. The zero-order valence-corrected chi connectivity index (χ0v) is 17.8. The third kappa shape index (κ3) is 2.71. The number of fused-ring (bicyclic) bond motifs is 3. The molecule has 1 aliphatic carbocycles. The molecule has 4 fully saturated rings. The number of urea groups is 2. The summed E-state index contributed by atoms with van der Waals surface area (Å²) in [7, 11) is 0. The molecule has 5 rings (SSSR count). The van der Waals surface area contributed by atoms with Crippen LogP contribution in [0.4, 0.5) is 9.59 Å². The van der Waals surface area contributed by atoms with E-state index in [2.05, 4.69) is 16.0 Å². The fourth-order valence-corrected chi connectivity index (χ4v) is 6.68. The summed E-state index contributed by atoms with van der Waals surface area (Å²) in [4.78, 5) is 64.5. The lowest BCUT2D eigenvalue weighted by atomic mass is 9.99. The van der Waals surface area contributed by atoms with E-state index < -0.39 is 57.6 Å². The summed E-state index contributed by atoms with van der Waals surface area (Å²) in [5, 5.41) is 17.0. The molecule has 4 aliphatic rings. The zero-order chi connectivity index (χ0) is 22.8. The van der Waals surface area contributed by atoms with Gasteiger partial charge in [-0.2, -0.15) is 0 Å². The standard InChI is InChI=1S/C20H21N5O6S/c1-19-9-20(19,16(28)29)25-14(27)12(15(25)32-19)22-13(26)11(10-5-3-2-4-6-10)23-18(31)24-8-7-21-17(24)30/h2-6,11-12,15H,7-9H2,1H3,(H,21,30)(H,22,26)(H,23,31)(H,28,29)/t11?,12-,15-,19-,20-/m1/s1. The van der Waals surface area contributed by atoms with Crippen LogP contribution in [-0.2, 0) is 14.4 Å². The van der Waals surface area contributed by atoms with Crippen molar-refractivity contribution >= 4 is 41.6 Å². The molecule has 4 N–H and O–H groups in total. The summed E-state index contributed by atoms with van der Waals surface area (Å²) in [6.45, 7) is 2.31. The highest BCUT2D eigenvalue weighted by Crippen LogP contribution is 2.71. The second kappa shape index (κ2) is 6.86. The summed E-state index contributed by atoms with van der Waals surface area (Å²) in [6, 6.07) is 5.20. The minimum absolute atomic E-state index is 0.179. The average Bonchev–Trinajstić information content (AvgIpc) is 3.05. The molecule has 168 valence electrons. The molecule has 11 nitrogen and oxygen atoms in total. The topological polar surface area (TPSA) is 148 Å². The van der Waals surface area contributed by atoms with E-state index in [1.165, 1.54) is 16.7 Å². The molecule has 1 aromatic carbocycles. The molecule has 0 bridgehead atoms. The number of imide groups is 1. The summed E-state index contributed by atoms with van der Waals surface area (Å²) < 4.78 is -0.575. The smallest absolute Gasteiger partial charge is 0.331 e.